The second-order valence-electron chi connectivity index (χ2n) is 8.13. The number of carbonyl (C=O) groups is 3. The topological polar surface area (TPSA) is 108 Å². The molecular weight excluding hydrogens is 406 g/mol. The van der Waals surface area contributed by atoms with Gasteiger partial charge in [-0.15, -0.1) is 0 Å². The Morgan fingerprint density at radius 2 is 1.47 bits per heavy atom. The van der Waals surface area contributed by atoms with Gasteiger partial charge in [0.2, 0.25) is 0 Å². The number of nitrogens with one attached hydrogen (secondary N) is 3. The van der Waals surface area contributed by atoms with E-state index in [4.69, 9.17) is 0 Å². The fraction of sp³-hybridized carbons (Fsp3) is 0.240. The van der Waals surface area contributed by atoms with Crippen LogP contribution in [-0.4, -0.2) is 29.1 Å². The molecule has 0 aromatic heterocycles. The largest absolute Gasteiger partial charge is 0.480 e. The van der Waals surface area contributed by atoms with E-state index in [0.29, 0.717) is 17.8 Å². The molecule has 0 aliphatic heterocycles. The van der Waals surface area contributed by atoms with Crippen LogP contribution in [-0.2, 0) is 4.79 Å². The molecule has 7 heteroatoms. The quantitative estimate of drug-likeness (QED) is 0.419. The van der Waals surface area contributed by atoms with E-state index in [2.05, 4.69) is 16.0 Å². The maximum Gasteiger partial charge on any atom is 0.326 e. The Morgan fingerprint density at radius 1 is 0.875 bits per heavy atom. The van der Waals surface area contributed by atoms with Gasteiger partial charge < -0.3 is 21.1 Å². The van der Waals surface area contributed by atoms with Crippen LogP contribution in [0.4, 0.5) is 16.2 Å². The molecule has 1 atom stereocenters. The number of anilines is 2. The summed E-state index contributed by atoms with van der Waals surface area (Å²) in [7, 11) is 0. The van der Waals surface area contributed by atoms with Crippen molar-refractivity contribution in [3.63, 3.8) is 0 Å². The summed E-state index contributed by atoms with van der Waals surface area (Å²) >= 11 is 0. The highest BCUT2D eigenvalue weighted by atomic mass is 16.4. The molecule has 0 heterocycles. The first-order chi connectivity index (χ1) is 15.2. The van der Waals surface area contributed by atoms with Gasteiger partial charge in [-0.25, -0.2) is 9.59 Å². The first-order valence-corrected chi connectivity index (χ1v) is 10.4. The van der Waals surface area contributed by atoms with Crippen molar-refractivity contribution in [3.05, 3.63) is 71.8 Å². The zero-order valence-corrected chi connectivity index (χ0v) is 18.3. The van der Waals surface area contributed by atoms with Crippen LogP contribution in [0.25, 0.3) is 10.8 Å². The number of hydrogen-bond donors (Lipinski definition) is 4. The van der Waals surface area contributed by atoms with Crippen molar-refractivity contribution in [2.75, 3.05) is 10.6 Å². The van der Waals surface area contributed by atoms with E-state index in [1.54, 1.807) is 18.2 Å². The summed E-state index contributed by atoms with van der Waals surface area (Å²) in [6.45, 7) is 5.66. The SMILES string of the molecule is Cc1ccccc1NC(=O)Nc1cc2ccccc2cc1C(=O)N[C@@H](CC(C)C)C(=O)O. The zero-order valence-electron chi connectivity index (χ0n) is 18.3. The average Bonchev–Trinajstić information content (AvgIpc) is 2.74. The summed E-state index contributed by atoms with van der Waals surface area (Å²) in [6.07, 6.45) is 0.297. The molecule has 3 rings (SSSR count). The highest BCUT2D eigenvalue weighted by molar-refractivity contribution is 6.10. The third-order valence-electron chi connectivity index (χ3n) is 5.08. The molecular formula is C25H27N3O4. The van der Waals surface area contributed by atoms with E-state index >= 15 is 0 Å². The smallest absolute Gasteiger partial charge is 0.326 e. The molecule has 166 valence electrons. The van der Waals surface area contributed by atoms with Crippen LogP contribution in [0.5, 0.6) is 0 Å². The molecule has 3 aromatic rings. The molecule has 0 unspecified atom stereocenters. The average molecular weight is 434 g/mol. The van der Waals surface area contributed by atoms with Crippen LogP contribution in [0.1, 0.15) is 36.2 Å². The highest BCUT2D eigenvalue weighted by Crippen LogP contribution is 2.25. The number of amides is 3. The van der Waals surface area contributed by atoms with Crippen molar-refractivity contribution in [1.82, 2.24) is 5.32 Å². The molecule has 4 N–H and O–H groups in total. The second-order valence-corrected chi connectivity index (χ2v) is 8.13. The van der Waals surface area contributed by atoms with E-state index in [1.807, 2.05) is 63.2 Å². The van der Waals surface area contributed by atoms with Gasteiger partial charge >= 0.3 is 12.0 Å². The van der Waals surface area contributed by atoms with Gasteiger partial charge in [0.25, 0.3) is 5.91 Å². The van der Waals surface area contributed by atoms with Gasteiger partial charge in [-0.3, -0.25) is 4.79 Å². The Labute approximate surface area is 186 Å². The third kappa shape index (κ3) is 5.63. The minimum Gasteiger partial charge on any atom is -0.480 e. The van der Waals surface area contributed by atoms with Gasteiger partial charge in [0.15, 0.2) is 0 Å². The molecule has 3 aromatic carbocycles. The number of aryl methyl sites for hydroxylation is 1. The van der Waals surface area contributed by atoms with Gasteiger partial charge in [-0.1, -0.05) is 56.3 Å². The Morgan fingerprint density at radius 3 is 2.09 bits per heavy atom. The summed E-state index contributed by atoms with van der Waals surface area (Å²) < 4.78 is 0. The first-order valence-electron chi connectivity index (χ1n) is 10.4. The number of carboxylic acids is 1. The fourth-order valence-electron chi connectivity index (χ4n) is 3.45. The van der Waals surface area contributed by atoms with Gasteiger partial charge in [0.05, 0.1) is 11.3 Å². The van der Waals surface area contributed by atoms with Crippen LogP contribution in [0, 0.1) is 12.8 Å². The minimum absolute atomic E-state index is 0.0884. The number of fused-ring (bicyclic) bond motifs is 1. The third-order valence-corrected chi connectivity index (χ3v) is 5.08. The molecule has 7 nitrogen and oxygen atoms in total. The molecule has 0 bridgehead atoms. The zero-order chi connectivity index (χ0) is 23.3. The summed E-state index contributed by atoms with van der Waals surface area (Å²) in [6, 6.07) is 16.6. The number of urea groups is 1. The predicted octanol–water partition coefficient (Wildman–Crippen LogP) is 5.02. The predicted molar refractivity (Wildman–Crippen MR) is 126 cm³/mol. The van der Waals surface area contributed by atoms with Gasteiger partial charge in [-0.05, 0) is 53.8 Å². The van der Waals surface area contributed by atoms with Gasteiger partial charge in [0, 0.05) is 5.69 Å². The Bertz CT molecular complexity index is 1160. The van der Waals surface area contributed by atoms with Crippen LogP contribution < -0.4 is 16.0 Å². The number of para-hydroxylation sites is 1. The standard InChI is InChI=1S/C25H27N3O4/c1-15(2)12-22(24(30)31)26-23(29)19-13-17-9-5-6-10-18(17)14-21(19)28-25(32)27-20-11-7-4-8-16(20)3/h4-11,13-15,22H,12H2,1-3H3,(H,26,29)(H,30,31)(H2,27,28,32)/t22-/m0/s1. The van der Waals surface area contributed by atoms with E-state index in [-0.39, 0.29) is 11.5 Å². The Balaban J connectivity index is 1.91. The van der Waals surface area contributed by atoms with E-state index in [0.717, 1.165) is 16.3 Å². The highest BCUT2D eigenvalue weighted by Gasteiger charge is 2.24. The molecule has 0 aliphatic carbocycles. The molecule has 0 saturated heterocycles. The van der Waals surface area contributed by atoms with Gasteiger partial charge in [0.1, 0.15) is 6.04 Å². The van der Waals surface area contributed by atoms with E-state index in [1.165, 1.54) is 0 Å². The van der Waals surface area contributed by atoms with Crippen LogP contribution in [0.3, 0.4) is 0 Å². The summed E-state index contributed by atoms with van der Waals surface area (Å²) in [5.74, 6) is -1.57. The summed E-state index contributed by atoms with van der Waals surface area (Å²) in [5.41, 5.74) is 2.04. The number of carbonyl (C=O) groups excluding carboxylic acids is 2. The first kappa shape index (κ1) is 22.8. The number of carboxylic acid groups (broad SMARTS) is 1. The van der Waals surface area contributed by atoms with Crippen molar-refractivity contribution in [1.29, 1.82) is 0 Å². The fourth-order valence-corrected chi connectivity index (χ4v) is 3.45. The number of hydrogen-bond acceptors (Lipinski definition) is 3. The van der Waals surface area contributed by atoms with Crippen LogP contribution in [0.15, 0.2) is 60.7 Å². The molecule has 0 saturated carbocycles. The number of aliphatic carboxylic acids is 1. The van der Waals surface area contributed by atoms with E-state index in [9.17, 15) is 19.5 Å². The van der Waals surface area contributed by atoms with Crippen molar-refractivity contribution in [2.24, 2.45) is 5.92 Å². The second kappa shape index (κ2) is 9.96. The van der Waals surface area contributed by atoms with Crippen molar-refractivity contribution < 1.29 is 19.5 Å². The van der Waals surface area contributed by atoms with Gasteiger partial charge in [-0.2, -0.15) is 0 Å². The lowest BCUT2D eigenvalue weighted by Crippen LogP contribution is -2.42. The lowest BCUT2D eigenvalue weighted by atomic mass is 10.0. The Kier molecular flexibility index (Phi) is 7.10. The van der Waals surface area contributed by atoms with Crippen molar-refractivity contribution in [3.8, 4) is 0 Å². The molecule has 0 aliphatic rings. The minimum atomic E-state index is -1.10. The normalized spacial score (nSPS) is 11.8. The lowest BCUT2D eigenvalue weighted by molar-refractivity contribution is -0.139. The molecule has 0 spiro atoms. The molecule has 32 heavy (non-hydrogen) atoms. The molecule has 3 amide bonds. The summed E-state index contributed by atoms with van der Waals surface area (Å²) in [5, 5.41) is 19.3. The number of rotatable bonds is 7. The molecule has 0 radical (unpaired) electrons. The maximum absolute atomic E-state index is 13.1. The Hall–Kier alpha value is -3.87. The monoisotopic (exact) mass is 433 g/mol. The van der Waals surface area contributed by atoms with Crippen molar-refractivity contribution in [2.45, 2.75) is 33.2 Å². The van der Waals surface area contributed by atoms with E-state index < -0.39 is 23.9 Å². The lowest BCUT2D eigenvalue weighted by Gasteiger charge is -2.19. The summed E-state index contributed by atoms with van der Waals surface area (Å²) in [4.78, 5) is 37.3. The van der Waals surface area contributed by atoms with Crippen LogP contribution >= 0.6 is 0 Å². The van der Waals surface area contributed by atoms with Crippen LogP contribution in [0.2, 0.25) is 0 Å². The number of benzene rings is 3. The van der Waals surface area contributed by atoms with Crippen molar-refractivity contribution >= 4 is 40.1 Å². The maximum atomic E-state index is 13.1. The molecule has 0 fully saturated rings.